The van der Waals surface area contributed by atoms with Crippen LogP contribution in [0, 0.1) is 6.92 Å². The van der Waals surface area contributed by atoms with Crippen LogP contribution in [-0.2, 0) is 4.65 Å². The predicted molar refractivity (Wildman–Crippen MR) is 73.0 cm³/mol. The van der Waals surface area contributed by atoms with Gasteiger partial charge in [-0.2, -0.15) is 0 Å². The molecule has 0 atom stereocenters. The van der Waals surface area contributed by atoms with E-state index >= 15 is 0 Å². The lowest BCUT2D eigenvalue weighted by molar-refractivity contribution is -0.0893. The smallest absolute Gasteiger partial charge is 0.332 e. The van der Waals surface area contributed by atoms with Gasteiger partial charge >= 0.3 is 7.48 Å². The van der Waals surface area contributed by atoms with Crippen LogP contribution in [0.1, 0.15) is 33.3 Å². The summed E-state index contributed by atoms with van der Waals surface area (Å²) in [7, 11) is 1.62. The van der Waals surface area contributed by atoms with E-state index < -0.39 is 11.2 Å². The molecule has 1 N–H and O–H groups in total. The van der Waals surface area contributed by atoms with E-state index in [0.717, 1.165) is 11.0 Å². The first-order chi connectivity index (χ1) is 7.65. The SMILES string of the molecule is Cc1cccc(Cl)c1[B]OC(C)(C)C(C)(C)O. The van der Waals surface area contributed by atoms with Gasteiger partial charge in [-0.15, -0.1) is 0 Å². The highest BCUT2D eigenvalue weighted by molar-refractivity contribution is 6.54. The molecule has 1 aromatic carbocycles. The van der Waals surface area contributed by atoms with Crippen LogP contribution in [0.3, 0.4) is 0 Å². The summed E-state index contributed by atoms with van der Waals surface area (Å²) in [6, 6.07) is 5.69. The monoisotopic (exact) mass is 253 g/mol. The molecule has 0 aliphatic heterocycles. The van der Waals surface area contributed by atoms with Crippen molar-refractivity contribution in [2.24, 2.45) is 0 Å². The zero-order valence-electron chi connectivity index (χ0n) is 11.0. The number of aliphatic hydroxyl groups is 1. The number of hydrogen-bond donors (Lipinski definition) is 1. The Bertz CT molecular complexity index is 377. The van der Waals surface area contributed by atoms with E-state index in [1.807, 2.05) is 39.0 Å². The zero-order chi connectivity index (χ0) is 13.3. The molecule has 1 rings (SSSR count). The molecular formula is C13H19BClO2. The van der Waals surface area contributed by atoms with E-state index in [1.165, 1.54) is 0 Å². The van der Waals surface area contributed by atoms with Gasteiger partial charge in [0.2, 0.25) is 0 Å². The Morgan fingerprint density at radius 2 is 1.82 bits per heavy atom. The lowest BCUT2D eigenvalue weighted by atomic mass is 9.80. The summed E-state index contributed by atoms with van der Waals surface area (Å²) in [6.45, 7) is 9.10. The van der Waals surface area contributed by atoms with Gasteiger partial charge in [0, 0.05) is 5.02 Å². The number of aryl methyl sites for hydroxylation is 1. The fourth-order valence-corrected chi connectivity index (χ4v) is 1.41. The Labute approximate surface area is 109 Å². The third-order valence-corrected chi connectivity index (χ3v) is 3.55. The van der Waals surface area contributed by atoms with Crippen LogP contribution in [0.5, 0.6) is 0 Å². The highest BCUT2D eigenvalue weighted by atomic mass is 35.5. The van der Waals surface area contributed by atoms with Gasteiger partial charge in [0.15, 0.2) is 0 Å². The first-order valence-corrected chi connectivity index (χ1v) is 6.01. The van der Waals surface area contributed by atoms with E-state index in [-0.39, 0.29) is 0 Å². The van der Waals surface area contributed by atoms with Gasteiger partial charge in [-0.05, 0) is 46.1 Å². The van der Waals surface area contributed by atoms with Crippen molar-refractivity contribution in [3.63, 3.8) is 0 Å². The molecule has 0 heterocycles. The van der Waals surface area contributed by atoms with Crippen molar-refractivity contribution in [1.82, 2.24) is 0 Å². The minimum atomic E-state index is -0.932. The second-order valence-electron chi connectivity index (χ2n) is 5.28. The van der Waals surface area contributed by atoms with Gasteiger partial charge in [0.05, 0.1) is 11.2 Å². The zero-order valence-corrected chi connectivity index (χ0v) is 11.8. The Hall–Kier alpha value is -0.505. The molecule has 0 aromatic heterocycles. The number of benzene rings is 1. The molecule has 2 nitrogen and oxygen atoms in total. The molecule has 93 valence electrons. The maximum Gasteiger partial charge on any atom is 0.332 e. The fraction of sp³-hybridized carbons (Fsp3) is 0.538. The van der Waals surface area contributed by atoms with Crippen molar-refractivity contribution in [2.45, 2.75) is 45.8 Å². The van der Waals surface area contributed by atoms with Gasteiger partial charge < -0.3 is 9.76 Å². The van der Waals surface area contributed by atoms with Gasteiger partial charge in [-0.25, -0.2) is 0 Å². The molecule has 0 saturated carbocycles. The molecule has 0 aliphatic carbocycles. The highest BCUT2D eigenvalue weighted by Crippen LogP contribution is 2.24. The molecule has 1 aromatic rings. The molecule has 0 spiro atoms. The van der Waals surface area contributed by atoms with E-state index in [1.54, 1.807) is 21.3 Å². The van der Waals surface area contributed by atoms with Crippen LogP contribution in [0.15, 0.2) is 18.2 Å². The Morgan fingerprint density at radius 3 is 2.29 bits per heavy atom. The van der Waals surface area contributed by atoms with Crippen LogP contribution in [0.2, 0.25) is 5.02 Å². The van der Waals surface area contributed by atoms with Gasteiger partial charge in [-0.3, -0.25) is 0 Å². The van der Waals surface area contributed by atoms with Crippen LogP contribution in [0.25, 0.3) is 0 Å². The minimum Gasteiger partial charge on any atom is -0.427 e. The number of hydrogen-bond acceptors (Lipinski definition) is 2. The molecule has 0 aliphatic rings. The van der Waals surface area contributed by atoms with Crippen molar-refractivity contribution in [2.75, 3.05) is 0 Å². The third-order valence-electron chi connectivity index (χ3n) is 3.22. The van der Waals surface area contributed by atoms with Gasteiger partial charge in [-0.1, -0.05) is 29.3 Å². The summed E-state index contributed by atoms with van der Waals surface area (Å²) in [5, 5.41) is 10.6. The summed E-state index contributed by atoms with van der Waals surface area (Å²) < 4.78 is 5.68. The van der Waals surface area contributed by atoms with Crippen molar-refractivity contribution < 1.29 is 9.76 Å². The molecule has 0 bridgehead atoms. The largest absolute Gasteiger partial charge is 0.427 e. The van der Waals surface area contributed by atoms with E-state index in [4.69, 9.17) is 16.3 Å². The summed E-state index contributed by atoms with van der Waals surface area (Å²) in [5.41, 5.74) is 0.285. The Balaban J connectivity index is 2.81. The molecule has 17 heavy (non-hydrogen) atoms. The van der Waals surface area contributed by atoms with E-state index in [2.05, 4.69) is 0 Å². The van der Waals surface area contributed by atoms with Crippen molar-refractivity contribution in [3.8, 4) is 0 Å². The summed E-state index contributed by atoms with van der Waals surface area (Å²) in [6.07, 6.45) is 0. The molecule has 1 radical (unpaired) electrons. The number of rotatable bonds is 4. The average molecular weight is 254 g/mol. The summed E-state index contributed by atoms with van der Waals surface area (Å²) in [5.74, 6) is 0. The van der Waals surface area contributed by atoms with E-state index in [0.29, 0.717) is 5.02 Å². The minimum absolute atomic E-state index is 0.650. The number of halogens is 1. The van der Waals surface area contributed by atoms with Crippen LogP contribution in [-0.4, -0.2) is 23.8 Å². The Kier molecular flexibility index (Phi) is 4.29. The van der Waals surface area contributed by atoms with Crippen LogP contribution >= 0.6 is 11.6 Å². The molecule has 4 heteroatoms. The van der Waals surface area contributed by atoms with Crippen LogP contribution in [0.4, 0.5) is 0 Å². The quantitative estimate of drug-likeness (QED) is 0.835. The normalized spacial score (nSPS) is 12.6. The second kappa shape index (κ2) is 5.01. The second-order valence-corrected chi connectivity index (χ2v) is 5.68. The van der Waals surface area contributed by atoms with Crippen LogP contribution < -0.4 is 5.46 Å². The lowest BCUT2D eigenvalue weighted by Crippen LogP contribution is -2.49. The van der Waals surface area contributed by atoms with Gasteiger partial charge in [0.1, 0.15) is 0 Å². The topological polar surface area (TPSA) is 29.5 Å². The third kappa shape index (κ3) is 3.48. The molecule has 0 unspecified atom stereocenters. The average Bonchev–Trinajstić information content (AvgIpc) is 2.15. The maximum absolute atomic E-state index is 9.98. The standard InChI is InChI=1S/C13H19BClO2/c1-9-7-6-8-10(15)11(9)14-17-13(4,5)12(2,3)16/h6-8,16H,1-5H3. The van der Waals surface area contributed by atoms with Crippen molar-refractivity contribution in [1.29, 1.82) is 0 Å². The Morgan fingerprint density at radius 1 is 1.24 bits per heavy atom. The lowest BCUT2D eigenvalue weighted by Gasteiger charge is -2.37. The fourth-order valence-electron chi connectivity index (χ4n) is 1.14. The maximum atomic E-state index is 9.98. The summed E-state index contributed by atoms with van der Waals surface area (Å²) >= 11 is 6.10. The predicted octanol–water partition coefficient (Wildman–Crippen LogP) is 2.46. The molecule has 0 saturated heterocycles. The summed E-state index contributed by atoms with van der Waals surface area (Å²) in [4.78, 5) is 0. The van der Waals surface area contributed by atoms with E-state index in [9.17, 15) is 5.11 Å². The highest BCUT2D eigenvalue weighted by Gasteiger charge is 2.35. The van der Waals surface area contributed by atoms with Crippen molar-refractivity contribution >= 4 is 24.5 Å². The van der Waals surface area contributed by atoms with Crippen molar-refractivity contribution in [3.05, 3.63) is 28.8 Å². The molecule has 0 amide bonds. The first kappa shape index (κ1) is 14.6. The van der Waals surface area contributed by atoms with Gasteiger partial charge in [0.25, 0.3) is 0 Å². The molecular weight excluding hydrogens is 234 g/mol. The molecule has 0 fully saturated rings. The first-order valence-electron chi connectivity index (χ1n) is 5.64.